The summed E-state index contributed by atoms with van der Waals surface area (Å²) < 4.78 is 164. The summed E-state index contributed by atoms with van der Waals surface area (Å²) in [7, 11) is 0. The predicted molar refractivity (Wildman–Crippen MR) is 158 cm³/mol. The van der Waals surface area contributed by atoms with Crippen molar-refractivity contribution in [2.24, 2.45) is 30.7 Å². The van der Waals surface area contributed by atoms with Crippen molar-refractivity contribution in [3.05, 3.63) is 119 Å². The van der Waals surface area contributed by atoms with Crippen LogP contribution < -0.4 is 0 Å². The number of esters is 3. The van der Waals surface area contributed by atoms with Gasteiger partial charge in [0.05, 0.1) is 16.7 Å². The molecule has 0 saturated carbocycles. The minimum Gasteiger partial charge on any atom is -0.495 e. The zero-order valence-electron chi connectivity index (χ0n) is 27.5. The minimum absolute atomic E-state index is 0. The summed E-state index contributed by atoms with van der Waals surface area (Å²) in [6.45, 7) is -5.11. The van der Waals surface area contributed by atoms with Gasteiger partial charge in [0.15, 0.2) is 6.68 Å². The summed E-state index contributed by atoms with van der Waals surface area (Å²) >= 11 is 0. The van der Waals surface area contributed by atoms with Crippen LogP contribution in [0.5, 0.6) is 0 Å². The number of benzene rings is 3. The van der Waals surface area contributed by atoms with Crippen LogP contribution in [0.1, 0.15) is 47.8 Å². The van der Waals surface area contributed by atoms with Crippen molar-refractivity contribution in [2.75, 3.05) is 19.8 Å². The number of nitrogens with zero attached hydrogens (tertiary/aromatic N) is 6. The van der Waals surface area contributed by atoms with Crippen molar-refractivity contribution in [3.8, 4) is 0 Å². The van der Waals surface area contributed by atoms with Gasteiger partial charge in [-0.05, 0) is 56.2 Å². The van der Waals surface area contributed by atoms with Crippen molar-refractivity contribution in [3.63, 3.8) is 0 Å². The molecular formula is C32H18F12FmN6O6-2. The fraction of sp³-hybridized carbons (Fsp3) is 0.281. The quantitative estimate of drug-likeness (QED) is 0.0764. The van der Waals surface area contributed by atoms with Crippen molar-refractivity contribution >= 4 is 17.9 Å². The fourth-order valence-corrected chi connectivity index (χ4v) is 4.72. The van der Waals surface area contributed by atoms with Crippen LogP contribution in [0.15, 0.2) is 103 Å². The molecule has 0 aliphatic carbocycles. The van der Waals surface area contributed by atoms with Gasteiger partial charge in [-0.2, -0.15) is 39.5 Å². The van der Waals surface area contributed by atoms with Crippen molar-refractivity contribution < 1.29 is 81.3 Å². The number of ether oxygens (including phenoxy) is 3. The molecule has 0 aromatic heterocycles. The van der Waals surface area contributed by atoms with Gasteiger partial charge in [0.2, 0.25) is 0 Å². The van der Waals surface area contributed by atoms with E-state index in [0.29, 0.717) is 0 Å². The molecule has 0 N–H and O–H groups in total. The third-order valence-corrected chi connectivity index (χ3v) is 7.88. The number of carbonyl (C=O) groups is 3. The number of alkyl halides is 9. The molecule has 25 heteroatoms. The van der Waals surface area contributed by atoms with E-state index >= 15 is 0 Å². The van der Waals surface area contributed by atoms with Crippen LogP contribution in [0.25, 0.3) is 0 Å². The molecule has 0 spiro atoms. The van der Waals surface area contributed by atoms with E-state index in [9.17, 15) is 67.1 Å². The van der Waals surface area contributed by atoms with E-state index in [1.807, 2.05) is 0 Å². The normalized spacial score (nSPS) is 16.5. The van der Waals surface area contributed by atoms with Crippen LogP contribution in [0.3, 0.4) is 0 Å². The molecule has 6 rings (SSSR count). The first-order valence-corrected chi connectivity index (χ1v) is 15.1. The number of hydrogen-bond acceptors (Lipinski definition) is 12. The topological polar surface area (TPSA) is 153 Å². The summed E-state index contributed by atoms with van der Waals surface area (Å²) in [5.41, 5.74) is -9.85. The van der Waals surface area contributed by atoms with Crippen LogP contribution >= 0.6 is 0 Å². The summed E-state index contributed by atoms with van der Waals surface area (Å²) in [4.78, 5) is 38.1. The van der Waals surface area contributed by atoms with Gasteiger partial charge in [0, 0.05) is 16.7 Å². The summed E-state index contributed by atoms with van der Waals surface area (Å²) in [5, 5.41) is 18.4. The minimum atomic E-state index is -4.81. The average molecular weight is 1070 g/mol. The molecule has 310 valence electrons. The van der Waals surface area contributed by atoms with E-state index in [2.05, 4.69) is 30.7 Å². The fourth-order valence-electron chi connectivity index (χ4n) is 4.72. The van der Waals surface area contributed by atoms with Crippen molar-refractivity contribution in [1.82, 2.24) is 0 Å². The molecule has 3 aromatic carbocycles. The smallest absolute Gasteiger partial charge is 0.442 e. The second-order valence-electron chi connectivity index (χ2n) is 11.5. The molecule has 3 aliphatic heterocycles. The molecule has 0 saturated heterocycles. The summed E-state index contributed by atoms with van der Waals surface area (Å²) in [6.07, 6.45) is -14.4. The Labute approximate surface area is 304 Å². The van der Waals surface area contributed by atoms with E-state index in [0.717, 1.165) is 72.8 Å². The molecule has 0 amide bonds. The molecule has 0 unspecified atom stereocenters. The molecule has 0 radical (unpaired) electrons. The van der Waals surface area contributed by atoms with Gasteiger partial charge < -0.3 is 27.4 Å². The Morgan fingerprint density at radius 3 is 0.807 bits per heavy atom. The molecule has 3 heterocycles. The average Bonchev–Trinajstić information content (AvgIpc) is 3.99. The van der Waals surface area contributed by atoms with Crippen molar-refractivity contribution in [2.45, 2.75) is 35.5 Å². The molecular weight excluding hydrogens is 1050 g/mol. The largest absolute Gasteiger partial charge is 0.495 e. The Morgan fingerprint density at radius 2 is 0.649 bits per heavy atom. The molecule has 0 bridgehead atoms. The Kier molecular flexibility index (Phi) is 11.5. The number of halogens is 12. The van der Waals surface area contributed by atoms with E-state index in [1.54, 1.807) is 0 Å². The van der Waals surface area contributed by atoms with Crippen LogP contribution in [-0.2, 0) is 31.2 Å². The zero-order valence-corrected chi connectivity index (χ0v) is 29.9. The van der Waals surface area contributed by atoms with E-state index in [1.165, 1.54) is 0 Å². The molecule has 57 heavy (non-hydrogen) atoms. The van der Waals surface area contributed by atoms with Crippen molar-refractivity contribution in [1.29, 1.82) is 0 Å². The van der Waals surface area contributed by atoms with E-state index < -0.39 is 79.9 Å². The van der Waals surface area contributed by atoms with Gasteiger partial charge >= 0.3 is 53.4 Å². The standard InChI is InChI=1S/C31H18F9N6O6.CF3.Fm/c32-29(33,34)26(41-42-26)20-7-1-17(2-8-20)23(47)50-13-16(14-51-24(48)18-3-9-21(10-4-18)27(43-44-27)30(35,36)37)15-52-25(49)19-5-11-22(12-6-19)28(45-46-28)31(38,39)40;2-1(3)4;/h1-12H,13-15H2;;/q2*-1;. The summed E-state index contributed by atoms with van der Waals surface area (Å²) in [5.74, 6) is -3.24. The Bertz CT molecular complexity index is 1790. The number of hydrogen-bond donors (Lipinski definition) is 0. The Morgan fingerprint density at radius 1 is 0.456 bits per heavy atom. The third-order valence-electron chi connectivity index (χ3n) is 7.88. The molecule has 3 aliphatic rings. The first kappa shape index (κ1) is 42.8. The van der Waals surface area contributed by atoms with Crippen LogP contribution in [0.2, 0.25) is 0 Å². The second kappa shape index (κ2) is 15.3. The number of carbonyl (C=O) groups excluding carboxylic acids is 3. The van der Waals surface area contributed by atoms with E-state index in [-0.39, 0.29) is 39.3 Å². The molecule has 12 nitrogen and oxygen atoms in total. The Hall–Kier alpha value is -6.97. The van der Waals surface area contributed by atoms with Gasteiger partial charge in [0.25, 0.3) is 0 Å². The van der Waals surface area contributed by atoms with E-state index in [4.69, 9.17) is 14.2 Å². The van der Waals surface area contributed by atoms with Crippen LogP contribution in [0, 0.1) is 12.6 Å². The maximum Gasteiger partial charge on any atom is 0.442 e. The Balaban J connectivity index is 0.00000137. The van der Waals surface area contributed by atoms with Gasteiger partial charge in [-0.1, -0.05) is 36.4 Å². The third kappa shape index (κ3) is 8.96. The maximum absolute atomic E-state index is 13.3. The zero-order chi connectivity index (χ0) is 41.3. The maximum atomic E-state index is 13.3. The summed E-state index contributed by atoms with van der Waals surface area (Å²) in [6, 6.07) is 12.0. The van der Waals surface area contributed by atoms with Gasteiger partial charge in [-0.3, -0.25) is 0 Å². The molecule has 0 atom stereocenters. The van der Waals surface area contributed by atoms with Gasteiger partial charge in [-0.25, -0.2) is 20.3 Å². The monoisotopic (exact) mass is 1070 g/mol. The predicted octanol–water partition coefficient (Wildman–Crippen LogP) is 9.02. The molecule has 0 fully saturated rings. The van der Waals surface area contributed by atoms with Gasteiger partial charge in [-0.15, -0.1) is 30.7 Å². The molecule has 3 aromatic rings. The first-order chi connectivity index (χ1) is 26.0. The van der Waals surface area contributed by atoms with Crippen LogP contribution in [0.4, 0.5) is 52.7 Å². The van der Waals surface area contributed by atoms with Gasteiger partial charge in [0.1, 0.15) is 0 Å². The number of rotatable bonds is 12. The SMILES string of the molecule is F[C-](F)F.O=C(OC[C-](COC(=O)c1ccc(C2(C(F)(F)F)N=N2)cc1)COC(=O)c1ccc(C2(C(F)(F)F)N=N2)cc1)c1ccc(C2(C(F)(F)F)N=N2)cc1.[Fm]. The van der Waals surface area contributed by atoms with Crippen LogP contribution in [-0.4, -0.2) is 56.3 Å². The first-order valence-electron chi connectivity index (χ1n) is 15.1. The second-order valence-corrected chi connectivity index (χ2v) is 11.5.